The molecular weight excluding hydrogens is 346 g/mol. The van der Waals surface area contributed by atoms with Crippen LogP contribution in [-0.2, 0) is 4.79 Å². The van der Waals surface area contributed by atoms with Gasteiger partial charge in [-0.15, -0.1) is 0 Å². The zero-order valence-corrected chi connectivity index (χ0v) is 14.6. The van der Waals surface area contributed by atoms with Gasteiger partial charge < -0.3 is 19.2 Å². The van der Waals surface area contributed by atoms with E-state index in [0.29, 0.717) is 31.0 Å². The Kier molecular flexibility index (Phi) is 4.74. The van der Waals surface area contributed by atoms with Gasteiger partial charge in [0.05, 0.1) is 12.3 Å². The highest BCUT2D eigenvalue weighted by molar-refractivity contribution is 5.93. The molecule has 1 fully saturated rings. The summed E-state index contributed by atoms with van der Waals surface area (Å²) in [7, 11) is 0. The second-order valence-corrected chi connectivity index (χ2v) is 6.43. The standard InChI is InChI=1S/C20H19N3O4/c24-19-9-4-10-23(19)13-16(14-6-2-1-3-7-14)21-20(25)15-12-18(27-22-15)17-8-5-11-26-17/h1-3,5-8,11-12,16H,4,9-10,13H2,(H,21,25). The predicted molar refractivity (Wildman–Crippen MR) is 96.7 cm³/mol. The van der Waals surface area contributed by atoms with Gasteiger partial charge in [0.1, 0.15) is 0 Å². The lowest BCUT2D eigenvalue weighted by Crippen LogP contribution is -2.38. The average molecular weight is 365 g/mol. The summed E-state index contributed by atoms with van der Waals surface area (Å²) in [5, 5.41) is 6.81. The highest BCUT2D eigenvalue weighted by Crippen LogP contribution is 2.22. The first-order valence-corrected chi connectivity index (χ1v) is 8.85. The normalized spacial score (nSPS) is 15.1. The minimum atomic E-state index is -0.364. The van der Waals surface area contributed by atoms with Gasteiger partial charge in [0.25, 0.3) is 5.91 Å². The molecule has 1 aliphatic rings. The number of nitrogens with zero attached hydrogens (tertiary/aromatic N) is 2. The lowest BCUT2D eigenvalue weighted by Gasteiger charge is -2.24. The molecule has 3 heterocycles. The number of benzene rings is 1. The molecule has 138 valence electrons. The van der Waals surface area contributed by atoms with Crippen LogP contribution in [0.3, 0.4) is 0 Å². The molecule has 2 aromatic heterocycles. The fourth-order valence-electron chi connectivity index (χ4n) is 3.19. The zero-order valence-electron chi connectivity index (χ0n) is 14.6. The van der Waals surface area contributed by atoms with E-state index in [1.807, 2.05) is 30.3 Å². The number of amides is 2. The van der Waals surface area contributed by atoms with Gasteiger partial charge >= 0.3 is 0 Å². The first-order chi connectivity index (χ1) is 13.2. The summed E-state index contributed by atoms with van der Waals surface area (Å²) >= 11 is 0. The van der Waals surface area contributed by atoms with Crippen molar-refractivity contribution in [1.82, 2.24) is 15.4 Å². The van der Waals surface area contributed by atoms with Gasteiger partial charge in [-0.1, -0.05) is 35.5 Å². The lowest BCUT2D eigenvalue weighted by atomic mass is 10.1. The molecule has 0 radical (unpaired) electrons. The maximum absolute atomic E-state index is 12.7. The minimum absolute atomic E-state index is 0.117. The number of furan rings is 1. The topological polar surface area (TPSA) is 88.6 Å². The van der Waals surface area contributed by atoms with E-state index in [9.17, 15) is 9.59 Å². The third-order valence-corrected chi connectivity index (χ3v) is 4.59. The number of hydrogen-bond donors (Lipinski definition) is 1. The van der Waals surface area contributed by atoms with Crippen molar-refractivity contribution in [2.24, 2.45) is 0 Å². The predicted octanol–water partition coefficient (Wildman–Crippen LogP) is 3.03. The van der Waals surface area contributed by atoms with Gasteiger partial charge in [-0.25, -0.2) is 0 Å². The van der Waals surface area contributed by atoms with Gasteiger partial charge in [0.2, 0.25) is 11.7 Å². The van der Waals surface area contributed by atoms with Crippen LogP contribution in [0.2, 0.25) is 0 Å². The molecule has 1 aliphatic heterocycles. The largest absolute Gasteiger partial charge is 0.461 e. The van der Waals surface area contributed by atoms with Crippen LogP contribution in [0, 0.1) is 0 Å². The Morgan fingerprint density at radius 2 is 2.04 bits per heavy atom. The third-order valence-electron chi connectivity index (χ3n) is 4.59. The monoisotopic (exact) mass is 365 g/mol. The van der Waals surface area contributed by atoms with Gasteiger partial charge in [-0.2, -0.15) is 0 Å². The van der Waals surface area contributed by atoms with E-state index in [2.05, 4.69) is 10.5 Å². The fraction of sp³-hybridized carbons (Fsp3) is 0.250. The molecule has 3 aromatic rings. The van der Waals surface area contributed by atoms with Crippen molar-refractivity contribution < 1.29 is 18.5 Å². The summed E-state index contributed by atoms with van der Waals surface area (Å²) in [6.07, 6.45) is 2.94. The molecule has 1 saturated heterocycles. The molecule has 1 aromatic carbocycles. The van der Waals surface area contributed by atoms with Crippen molar-refractivity contribution in [3.8, 4) is 11.5 Å². The van der Waals surface area contributed by atoms with Crippen molar-refractivity contribution >= 4 is 11.8 Å². The molecule has 1 N–H and O–H groups in total. The number of carbonyl (C=O) groups is 2. The maximum atomic E-state index is 12.7. The molecule has 2 amide bonds. The Hall–Kier alpha value is -3.35. The van der Waals surface area contributed by atoms with Crippen LogP contribution in [0.4, 0.5) is 0 Å². The van der Waals surface area contributed by atoms with E-state index in [0.717, 1.165) is 12.0 Å². The Labute approximate surface area is 155 Å². The molecule has 0 bridgehead atoms. The number of rotatable bonds is 6. The van der Waals surface area contributed by atoms with Gasteiger partial charge in [-0.05, 0) is 24.1 Å². The molecule has 0 saturated carbocycles. The van der Waals surface area contributed by atoms with Crippen LogP contribution in [-0.4, -0.2) is 35.0 Å². The molecule has 0 spiro atoms. The number of carbonyl (C=O) groups excluding carboxylic acids is 2. The minimum Gasteiger partial charge on any atom is -0.461 e. The summed E-state index contributed by atoms with van der Waals surface area (Å²) in [4.78, 5) is 26.5. The zero-order chi connectivity index (χ0) is 18.6. The summed E-state index contributed by atoms with van der Waals surface area (Å²) in [6.45, 7) is 1.14. The Bertz CT molecular complexity index is 918. The van der Waals surface area contributed by atoms with E-state index in [4.69, 9.17) is 8.94 Å². The first-order valence-electron chi connectivity index (χ1n) is 8.85. The number of hydrogen-bond acceptors (Lipinski definition) is 5. The molecular formula is C20H19N3O4. The van der Waals surface area contributed by atoms with E-state index in [1.165, 1.54) is 12.3 Å². The number of likely N-dealkylation sites (tertiary alicyclic amines) is 1. The molecule has 27 heavy (non-hydrogen) atoms. The smallest absolute Gasteiger partial charge is 0.274 e. The quantitative estimate of drug-likeness (QED) is 0.725. The SMILES string of the molecule is O=C(NC(CN1CCCC1=O)c1ccccc1)c1cc(-c2ccco2)on1. The lowest BCUT2D eigenvalue weighted by molar-refractivity contribution is -0.128. The van der Waals surface area contributed by atoms with Gasteiger partial charge in [0.15, 0.2) is 11.5 Å². The van der Waals surface area contributed by atoms with Crippen molar-refractivity contribution in [3.63, 3.8) is 0 Å². The van der Waals surface area contributed by atoms with Crippen LogP contribution in [0.5, 0.6) is 0 Å². The van der Waals surface area contributed by atoms with Gasteiger partial charge in [0, 0.05) is 25.6 Å². The highest BCUT2D eigenvalue weighted by Gasteiger charge is 2.26. The molecule has 1 atom stereocenters. The number of aromatic nitrogens is 1. The van der Waals surface area contributed by atoms with Crippen LogP contribution in [0.1, 0.15) is 34.9 Å². The molecule has 7 heteroatoms. The highest BCUT2D eigenvalue weighted by atomic mass is 16.5. The van der Waals surface area contributed by atoms with Crippen molar-refractivity contribution in [3.05, 3.63) is 66.1 Å². The van der Waals surface area contributed by atoms with Crippen LogP contribution >= 0.6 is 0 Å². The Morgan fingerprint density at radius 3 is 2.74 bits per heavy atom. The second kappa shape index (κ2) is 7.49. The summed E-state index contributed by atoms with van der Waals surface area (Å²) < 4.78 is 10.5. The Balaban J connectivity index is 1.52. The fourth-order valence-corrected chi connectivity index (χ4v) is 3.19. The average Bonchev–Trinajstić information content (AvgIpc) is 3.44. The molecule has 4 rings (SSSR count). The van der Waals surface area contributed by atoms with E-state index in [1.54, 1.807) is 17.0 Å². The Morgan fingerprint density at radius 1 is 1.19 bits per heavy atom. The molecule has 0 aliphatic carbocycles. The van der Waals surface area contributed by atoms with E-state index in [-0.39, 0.29) is 23.6 Å². The maximum Gasteiger partial charge on any atom is 0.274 e. The van der Waals surface area contributed by atoms with Crippen molar-refractivity contribution in [2.75, 3.05) is 13.1 Å². The van der Waals surface area contributed by atoms with Crippen molar-refractivity contribution in [2.45, 2.75) is 18.9 Å². The molecule has 1 unspecified atom stereocenters. The summed E-state index contributed by atoms with van der Waals surface area (Å²) in [5.74, 6) is 0.642. The van der Waals surface area contributed by atoms with Crippen LogP contribution in [0.15, 0.2) is 63.7 Å². The van der Waals surface area contributed by atoms with Crippen LogP contribution < -0.4 is 5.32 Å². The number of nitrogens with one attached hydrogen (secondary N) is 1. The summed E-state index contributed by atoms with van der Waals surface area (Å²) in [6, 6.07) is 14.3. The summed E-state index contributed by atoms with van der Waals surface area (Å²) in [5.41, 5.74) is 1.09. The van der Waals surface area contributed by atoms with Gasteiger partial charge in [-0.3, -0.25) is 9.59 Å². The first kappa shape index (κ1) is 17.1. The van der Waals surface area contributed by atoms with E-state index < -0.39 is 0 Å². The molecule has 7 nitrogen and oxygen atoms in total. The van der Waals surface area contributed by atoms with Crippen LogP contribution in [0.25, 0.3) is 11.5 Å². The van der Waals surface area contributed by atoms with Crippen molar-refractivity contribution in [1.29, 1.82) is 0 Å². The third kappa shape index (κ3) is 3.76. The van der Waals surface area contributed by atoms with E-state index >= 15 is 0 Å². The second-order valence-electron chi connectivity index (χ2n) is 6.43.